The highest BCUT2D eigenvalue weighted by molar-refractivity contribution is 5.72. The molecule has 0 aliphatic carbocycles. The first-order chi connectivity index (χ1) is 8.63. The normalized spacial score (nSPS) is 15.6. The minimum absolute atomic E-state index is 0.492. The molecule has 100 valence electrons. The Morgan fingerprint density at radius 3 is 2.78 bits per heavy atom. The fourth-order valence-corrected chi connectivity index (χ4v) is 2.42. The molecule has 1 aromatic carbocycles. The van der Waals surface area contributed by atoms with Crippen LogP contribution in [0.2, 0.25) is 0 Å². The van der Waals surface area contributed by atoms with E-state index in [1.54, 1.807) is 0 Å². The van der Waals surface area contributed by atoms with Crippen LogP contribution in [0.1, 0.15) is 12.8 Å². The fourth-order valence-electron chi connectivity index (χ4n) is 2.42. The summed E-state index contributed by atoms with van der Waals surface area (Å²) in [6.45, 7) is 2.90. The smallest absolute Gasteiger partial charge is 0.151 e. The van der Waals surface area contributed by atoms with Crippen molar-refractivity contribution in [3.8, 4) is 0 Å². The lowest BCUT2D eigenvalue weighted by Gasteiger charge is -2.26. The van der Waals surface area contributed by atoms with Gasteiger partial charge in [-0.15, -0.1) is 0 Å². The van der Waals surface area contributed by atoms with Crippen molar-refractivity contribution in [2.75, 3.05) is 43.0 Å². The highest BCUT2D eigenvalue weighted by atomic mass is 19.1. The van der Waals surface area contributed by atoms with Crippen molar-refractivity contribution < 1.29 is 8.78 Å². The predicted octanol–water partition coefficient (Wildman–Crippen LogP) is 1.96. The molecule has 3 nitrogen and oxygen atoms in total. The van der Waals surface area contributed by atoms with Crippen molar-refractivity contribution >= 4 is 11.4 Å². The minimum atomic E-state index is -0.528. The molecule has 0 unspecified atom stereocenters. The van der Waals surface area contributed by atoms with Gasteiger partial charge >= 0.3 is 0 Å². The van der Waals surface area contributed by atoms with Crippen LogP contribution < -0.4 is 15.5 Å². The standard InChI is InChI=1S/C13H19F2N3/c1-17-5-3-7-18(6-2-4-16)12-9-10(14)8-11(15)13(12)17/h8-9H,2-7,16H2,1H3. The number of halogens is 2. The molecule has 0 saturated carbocycles. The van der Waals surface area contributed by atoms with Crippen molar-refractivity contribution in [1.29, 1.82) is 0 Å². The van der Waals surface area contributed by atoms with Crippen LogP contribution in [-0.4, -0.2) is 33.2 Å². The lowest BCUT2D eigenvalue weighted by molar-refractivity contribution is 0.581. The molecule has 1 aliphatic heterocycles. The first-order valence-corrected chi connectivity index (χ1v) is 6.28. The fraction of sp³-hybridized carbons (Fsp3) is 0.538. The van der Waals surface area contributed by atoms with Crippen LogP contribution in [0.5, 0.6) is 0 Å². The third-order valence-electron chi connectivity index (χ3n) is 3.28. The van der Waals surface area contributed by atoms with E-state index < -0.39 is 11.6 Å². The SMILES string of the molecule is CN1CCCN(CCCN)c2cc(F)cc(F)c21. The molecule has 2 N–H and O–H groups in total. The molecule has 0 fully saturated rings. The Balaban J connectivity index is 2.40. The number of nitrogens with two attached hydrogens (primary N) is 1. The molecule has 5 heteroatoms. The zero-order valence-corrected chi connectivity index (χ0v) is 10.6. The van der Waals surface area contributed by atoms with E-state index in [0.29, 0.717) is 17.9 Å². The van der Waals surface area contributed by atoms with E-state index >= 15 is 0 Å². The van der Waals surface area contributed by atoms with Gasteiger partial charge in [-0.3, -0.25) is 0 Å². The minimum Gasteiger partial charge on any atom is -0.370 e. The average molecular weight is 255 g/mol. The van der Waals surface area contributed by atoms with Crippen LogP contribution in [0.4, 0.5) is 20.2 Å². The highest BCUT2D eigenvalue weighted by Crippen LogP contribution is 2.34. The molecule has 0 saturated heterocycles. The second-order valence-corrected chi connectivity index (χ2v) is 4.66. The van der Waals surface area contributed by atoms with E-state index in [9.17, 15) is 8.78 Å². The van der Waals surface area contributed by atoms with Crippen molar-refractivity contribution in [1.82, 2.24) is 0 Å². The predicted molar refractivity (Wildman–Crippen MR) is 70.1 cm³/mol. The zero-order valence-electron chi connectivity index (χ0n) is 10.6. The molecule has 0 atom stereocenters. The summed E-state index contributed by atoms with van der Waals surface area (Å²) >= 11 is 0. The summed E-state index contributed by atoms with van der Waals surface area (Å²) in [4.78, 5) is 3.88. The van der Waals surface area contributed by atoms with Gasteiger partial charge in [-0.25, -0.2) is 8.78 Å². The first kappa shape index (κ1) is 13.1. The Morgan fingerprint density at radius 2 is 2.06 bits per heavy atom. The van der Waals surface area contributed by atoms with Gasteiger partial charge in [0, 0.05) is 32.7 Å². The van der Waals surface area contributed by atoms with Gasteiger partial charge in [-0.1, -0.05) is 0 Å². The maximum Gasteiger partial charge on any atom is 0.151 e. The molecule has 1 aromatic rings. The number of rotatable bonds is 3. The topological polar surface area (TPSA) is 32.5 Å². The number of hydrogen-bond donors (Lipinski definition) is 1. The molecular weight excluding hydrogens is 236 g/mol. The molecule has 1 aliphatic rings. The summed E-state index contributed by atoms with van der Waals surface area (Å²) in [5.74, 6) is -1.02. The Labute approximate surface area is 106 Å². The quantitative estimate of drug-likeness (QED) is 0.896. The van der Waals surface area contributed by atoms with Crippen LogP contribution >= 0.6 is 0 Å². The summed E-state index contributed by atoms with van der Waals surface area (Å²) in [5.41, 5.74) is 6.64. The van der Waals surface area contributed by atoms with Gasteiger partial charge in [0.15, 0.2) is 5.82 Å². The van der Waals surface area contributed by atoms with Gasteiger partial charge in [-0.05, 0) is 25.5 Å². The van der Waals surface area contributed by atoms with Crippen LogP contribution in [-0.2, 0) is 0 Å². The Hall–Kier alpha value is -1.36. The van der Waals surface area contributed by atoms with E-state index in [4.69, 9.17) is 5.73 Å². The lowest BCUT2D eigenvalue weighted by Crippen LogP contribution is -2.27. The highest BCUT2D eigenvalue weighted by Gasteiger charge is 2.22. The molecule has 18 heavy (non-hydrogen) atoms. The summed E-state index contributed by atoms with van der Waals surface area (Å²) in [6.07, 6.45) is 1.75. The summed E-state index contributed by atoms with van der Waals surface area (Å²) in [6, 6.07) is 2.36. The number of hydrogen-bond acceptors (Lipinski definition) is 3. The van der Waals surface area contributed by atoms with Crippen molar-refractivity contribution in [3.05, 3.63) is 23.8 Å². The molecule has 0 bridgehead atoms. The van der Waals surface area contributed by atoms with Gasteiger partial charge in [-0.2, -0.15) is 0 Å². The largest absolute Gasteiger partial charge is 0.370 e. The molecule has 0 aromatic heterocycles. The molecule has 1 heterocycles. The molecule has 0 amide bonds. The second kappa shape index (κ2) is 5.52. The summed E-state index contributed by atoms with van der Waals surface area (Å²) < 4.78 is 27.3. The number of fused-ring (bicyclic) bond motifs is 1. The van der Waals surface area contributed by atoms with Crippen molar-refractivity contribution in [2.45, 2.75) is 12.8 Å². The Kier molecular flexibility index (Phi) is 4.01. The van der Waals surface area contributed by atoms with E-state index in [-0.39, 0.29) is 0 Å². The van der Waals surface area contributed by atoms with Gasteiger partial charge < -0.3 is 15.5 Å². The Morgan fingerprint density at radius 1 is 1.28 bits per heavy atom. The second-order valence-electron chi connectivity index (χ2n) is 4.66. The van der Waals surface area contributed by atoms with E-state index in [1.807, 2.05) is 16.8 Å². The maximum absolute atomic E-state index is 13.9. The summed E-state index contributed by atoms with van der Waals surface area (Å²) in [5, 5.41) is 0. The molecular formula is C13H19F2N3. The van der Waals surface area contributed by atoms with Crippen molar-refractivity contribution in [2.24, 2.45) is 5.73 Å². The van der Waals surface area contributed by atoms with E-state index in [2.05, 4.69) is 0 Å². The molecule has 0 radical (unpaired) electrons. The van der Waals surface area contributed by atoms with Gasteiger partial charge in [0.05, 0.1) is 11.4 Å². The van der Waals surface area contributed by atoms with E-state index in [1.165, 1.54) is 6.07 Å². The number of nitrogens with zero attached hydrogens (tertiary/aromatic N) is 2. The van der Waals surface area contributed by atoms with Gasteiger partial charge in [0.1, 0.15) is 5.82 Å². The van der Waals surface area contributed by atoms with Crippen LogP contribution in [0, 0.1) is 11.6 Å². The number of benzene rings is 1. The molecule has 0 spiro atoms. The van der Waals surface area contributed by atoms with Gasteiger partial charge in [0.25, 0.3) is 0 Å². The monoisotopic (exact) mass is 255 g/mol. The number of anilines is 2. The van der Waals surface area contributed by atoms with Crippen LogP contribution in [0.15, 0.2) is 12.1 Å². The third-order valence-corrected chi connectivity index (χ3v) is 3.28. The van der Waals surface area contributed by atoms with E-state index in [0.717, 1.165) is 38.5 Å². The maximum atomic E-state index is 13.9. The Bertz CT molecular complexity index is 423. The van der Waals surface area contributed by atoms with Gasteiger partial charge in [0.2, 0.25) is 0 Å². The average Bonchev–Trinajstić information content (AvgIpc) is 2.46. The summed E-state index contributed by atoms with van der Waals surface area (Å²) in [7, 11) is 1.84. The van der Waals surface area contributed by atoms with Crippen LogP contribution in [0.25, 0.3) is 0 Å². The van der Waals surface area contributed by atoms with Crippen LogP contribution in [0.3, 0.4) is 0 Å². The first-order valence-electron chi connectivity index (χ1n) is 6.28. The molecule has 2 rings (SSSR count). The zero-order chi connectivity index (χ0) is 13.1. The third kappa shape index (κ3) is 2.56. The lowest BCUT2D eigenvalue weighted by atomic mass is 10.2. The van der Waals surface area contributed by atoms with Crippen molar-refractivity contribution in [3.63, 3.8) is 0 Å².